The monoisotopic (exact) mass is 345 g/mol. The molecule has 2 rings (SSSR count). The third-order valence-corrected chi connectivity index (χ3v) is 4.73. The first-order chi connectivity index (χ1) is 7.68. The Kier molecular flexibility index (Phi) is 4.31. The van der Waals surface area contributed by atoms with E-state index in [1.807, 2.05) is 6.07 Å². The predicted molar refractivity (Wildman–Crippen MR) is 76.9 cm³/mol. The Labute approximate surface area is 114 Å². The molecule has 3 heteroatoms. The van der Waals surface area contributed by atoms with Crippen molar-refractivity contribution in [2.45, 2.75) is 38.6 Å². The lowest BCUT2D eigenvalue weighted by Gasteiger charge is -2.31. The van der Waals surface area contributed by atoms with Gasteiger partial charge in [0.15, 0.2) is 0 Å². The molecule has 1 saturated carbocycles. The van der Waals surface area contributed by atoms with Gasteiger partial charge in [-0.1, -0.05) is 25.8 Å². The molecule has 2 atom stereocenters. The standard InChI is InChI=1S/C13H17Br2N/c1-9-5-2-3-8-12(9)16-13-10(14)6-4-7-11(13)15/h4,6-7,9,12,16H,2-3,5,8H2,1H3. The molecule has 1 fully saturated rings. The molecule has 1 aromatic carbocycles. The van der Waals surface area contributed by atoms with Gasteiger partial charge in [-0.05, 0) is 62.8 Å². The Hall–Kier alpha value is -0.0200. The van der Waals surface area contributed by atoms with E-state index in [1.165, 1.54) is 31.4 Å². The second-order valence-electron chi connectivity index (χ2n) is 4.61. The first-order valence-electron chi connectivity index (χ1n) is 5.89. The topological polar surface area (TPSA) is 12.0 Å². The van der Waals surface area contributed by atoms with Gasteiger partial charge in [-0.2, -0.15) is 0 Å². The highest BCUT2D eigenvalue weighted by molar-refractivity contribution is 9.11. The van der Waals surface area contributed by atoms with E-state index < -0.39 is 0 Å². The first-order valence-corrected chi connectivity index (χ1v) is 7.47. The smallest absolute Gasteiger partial charge is 0.0631 e. The largest absolute Gasteiger partial charge is 0.380 e. The van der Waals surface area contributed by atoms with Crippen LogP contribution < -0.4 is 5.32 Å². The summed E-state index contributed by atoms with van der Waals surface area (Å²) in [5.74, 6) is 0.771. The van der Waals surface area contributed by atoms with Crippen LogP contribution >= 0.6 is 31.9 Å². The zero-order valence-corrected chi connectivity index (χ0v) is 12.6. The van der Waals surface area contributed by atoms with Crippen LogP contribution in [0.25, 0.3) is 0 Å². The molecule has 0 aromatic heterocycles. The van der Waals surface area contributed by atoms with E-state index in [4.69, 9.17) is 0 Å². The molecule has 0 aliphatic heterocycles. The van der Waals surface area contributed by atoms with Gasteiger partial charge in [0.05, 0.1) is 5.69 Å². The Bertz CT molecular complexity index is 345. The molecule has 0 heterocycles. The number of hydrogen-bond acceptors (Lipinski definition) is 1. The van der Waals surface area contributed by atoms with Gasteiger partial charge in [0.25, 0.3) is 0 Å². The normalized spacial score (nSPS) is 25.4. The number of halogens is 2. The Morgan fingerprint density at radius 1 is 1.12 bits per heavy atom. The molecule has 0 amide bonds. The molecular formula is C13H17Br2N. The fourth-order valence-corrected chi connectivity index (χ4v) is 3.58. The van der Waals surface area contributed by atoms with Crippen LogP contribution in [0.5, 0.6) is 0 Å². The fraction of sp³-hybridized carbons (Fsp3) is 0.538. The summed E-state index contributed by atoms with van der Waals surface area (Å²) < 4.78 is 2.28. The molecule has 0 saturated heterocycles. The van der Waals surface area contributed by atoms with Crippen molar-refractivity contribution in [1.29, 1.82) is 0 Å². The molecule has 16 heavy (non-hydrogen) atoms. The summed E-state index contributed by atoms with van der Waals surface area (Å²) in [6.07, 6.45) is 5.37. The fourth-order valence-electron chi connectivity index (χ4n) is 2.35. The molecule has 1 nitrogen and oxygen atoms in total. The summed E-state index contributed by atoms with van der Waals surface area (Å²) in [6, 6.07) is 6.83. The van der Waals surface area contributed by atoms with Crippen LogP contribution in [0.2, 0.25) is 0 Å². The highest BCUT2D eigenvalue weighted by atomic mass is 79.9. The van der Waals surface area contributed by atoms with Crippen molar-refractivity contribution in [3.8, 4) is 0 Å². The van der Waals surface area contributed by atoms with Gasteiger partial charge in [0, 0.05) is 15.0 Å². The Morgan fingerprint density at radius 3 is 2.38 bits per heavy atom. The molecule has 88 valence electrons. The summed E-state index contributed by atoms with van der Waals surface area (Å²) in [7, 11) is 0. The highest BCUT2D eigenvalue weighted by Gasteiger charge is 2.22. The minimum absolute atomic E-state index is 0.615. The van der Waals surface area contributed by atoms with E-state index in [0.29, 0.717) is 6.04 Å². The minimum Gasteiger partial charge on any atom is -0.380 e. The van der Waals surface area contributed by atoms with Crippen LogP contribution in [-0.2, 0) is 0 Å². The summed E-state index contributed by atoms with van der Waals surface area (Å²) >= 11 is 7.20. The molecule has 1 N–H and O–H groups in total. The summed E-state index contributed by atoms with van der Waals surface area (Å²) in [6.45, 7) is 2.35. The van der Waals surface area contributed by atoms with Gasteiger partial charge in [-0.15, -0.1) is 0 Å². The average Bonchev–Trinajstić information content (AvgIpc) is 2.26. The van der Waals surface area contributed by atoms with Gasteiger partial charge >= 0.3 is 0 Å². The molecule has 0 bridgehead atoms. The zero-order valence-electron chi connectivity index (χ0n) is 9.47. The van der Waals surface area contributed by atoms with Crippen molar-refractivity contribution in [2.75, 3.05) is 5.32 Å². The van der Waals surface area contributed by atoms with Gasteiger partial charge in [0.2, 0.25) is 0 Å². The lowest BCUT2D eigenvalue weighted by molar-refractivity contribution is 0.349. The van der Waals surface area contributed by atoms with Crippen LogP contribution in [0.1, 0.15) is 32.6 Å². The predicted octanol–water partition coefficient (Wildman–Crippen LogP) is 5.20. The average molecular weight is 347 g/mol. The Morgan fingerprint density at radius 2 is 1.75 bits per heavy atom. The summed E-state index contributed by atoms with van der Waals surface area (Å²) in [4.78, 5) is 0. The van der Waals surface area contributed by atoms with Crippen LogP contribution in [0, 0.1) is 5.92 Å². The van der Waals surface area contributed by atoms with E-state index in [-0.39, 0.29) is 0 Å². The van der Waals surface area contributed by atoms with Crippen molar-refractivity contribution >= 4 is 37.5 Å². The third kappa shape index (κ3) is 2.80. The maximum atomic E-state index is 3.67. The zero-order chi connectivity index (χ0) is 11.5. The summed E-state index contributed by atoms with van der Waals surface area (Å²) in [5, 5.41) is 3.67. The number of para-hydroxylation sites is 1. The molecule has 1 aromatic rings. The number of hydrogen-bond donors (Lipinski definition) is 1. The van der Waals surface area contributed by atoms with Crippen LogP contribution in [-0.4, -0.2) is 6.04 Å². The van der Waals surface area contributed by atoms with Gasteiger partial charge in [0.1, 0.15) is 0 Å². The van der Waals surface area contributed by atoms with Crippen molar-refractivity contribution in [3.05, 3.63) is 27.1 Å². The molecular weight excluding hydrogens is 330 g/mol. The highest BCUT2D eigenvalue weighted by Crippen LogP contribution is 2.34. The van der Waals surface area contributed by atoms with Crippen molar-refractivity contribution in [3.63, 3.8) is 0 Å². The number of anilines is 1. The van der Waals surface area contributed by atoms with Crippen LogP contribution in [0.4, 0.5) is 5.69 Å². The molecule has 1 aliphatic carbocycles. The van der Waals surface area contributed by atoms with E-state index >= 15 is 0 Å². The van der Waals surface area contributed by atoms with Crippen molar-refractivity contribution in [2.24, 2.45) is 5.92 Å². The van der Waals surface area contributed by atoms with Gasteiger partial charge in [-0.3, -0.25) is 0 Å². The quantitative estimate of drug-likeness (QED) is 0.775. The summed E-state index contributed by atoms with van der Waals surface area (Å²) in [5.41, 5.74) is 1.20. The Balaban J connectivity index is 2.13. The van der Waals surface area contributed by atoms with Crippen molar-refractivity contribution < 1.29 is 0 Å². The lowest BCUT2D eigenvalue weighted by atomic mass is 9.86. The van der Waals surface area contributed by atoms with Gasteiger partial charge in [-0.25, -0.2) is 0 Å². The third-order valence-electron chi connectivity index (χ3n) is 3.40. The molecule has 0 radical (unpaired) electrons. The SMILES string of the molecule is CC1CCCCC1Nc1c(Br)cccc1Br. The maximum absolute atomic E-state index is 3.67. The molecule has 2 unspecified atom stereocenters. The van der Waals surface area contributed by atoms with E-state index in [9.17, 15) is 0 Å². The van der Waals surface area contributed by atoms with Crippen LogP contribution in [0.3, 0.4) is 0 Å². The maximum Gasteiger partial charge on any atom is 0.0631 e. The van der Waals surface area contributed by atoms with Gasteiger partial charge < -0.3 is 5.32 Å². The van der Waals surface area contributed by atoms with E-state index in [1.54, 1.807) is 0 Å². The number of rotatable bonds is 2. The second-order valence-corrected chi connectivity index (χ2v) is 6.32. The lowest BCUT2D eigenvalue weighted by Crippen LogP contribution is -2.30. The van der Waals surface area contributed by atoms with E-state index in [2.05, 4.69) is 56.2 Å². The van der Waals surface area contributed by atoms with E-state index in [0.717, 1.165) is 14.9 Å². The molecule has 0 spiro atoms. The second kappa shape index (κ2) is 5.54. The van der Waals surface area contributed by atoms with Crippen LogP contribution in [0.15, 0.2) is 27.1 Å². The van der Waals surface area contributed by atoms with Crippen molar-refractivity contribution in [1.82, 2.24) is 0 Å². The minimum atomic E-state index is 0.615. The number of benzene rings is 1. The number of nitrogens with one attached hydrogen (secondary N) is 1. The first kappa shape index (κ1) is 12.4. The molecule has 1 aliphatic rings.